The van der Waals surface area contributed by atoms with E-state index < -0.39 is 0 Å². The fourth-order valence-electron chi connectivity index (χ4n) is 2.71. The average Bonchev–Trinajstić information content (AvgIpc) is 2.62. The fourth-order valence-corrected chi connectivity index (χ4v) is 2.71. The SMILES string of the molecule is COc1ccc(CN(C)C(=O)c2ccc(C)c(C)c2)c(OC)c1OC. The number of hydrogen-bond donors (Lipinski definition) is 0. The Morgan fingerprint density at radius 2 is 1.60 bits per heavy atom. The van der Waals surface area contributed by atoms with Crippen LogP contribution in [0.5, 0.6) is 17.2 Å². The van der Waals surface area contributed by atoms with Gasteiger partial charge in [-0.2, -0.15) is 0 Å². The van der Waals surface area contributed by atoms with E-state index in [4.69, 9.17) is 14.2 Å². The standard InChI is InChI=1S/C20H25NO4/c1-13-7-8-15(11-14(13)2)20(22)21(3)12-16-9-10-17(23-4)19(25-6)18(16)24-5/h7-11H,12H2,1-6H3. The molecule has 0 aliphatic heterocycles. The van der Waals surface area contributed by atoms with Crippen LogP contribution in [-0.2, 0) is 6.54 Å². The first kappa shape index (κ1) is 18.6. The number of aryl methyl sites for hydroxylation is 2. The van der Waals surface area contributed by atoms with Gasteiger partial charge in [0.1, 0.15) is 0 Å². The molecular formula is C20H25NO4. The molecule has 0 aliphatic carbocycles. The van der Waals surface area contributed by atoms with Crippen molar-refractivity contribution >= 4 is 5.91 Å². The predicted octanol–water partition coefficient (Wildman–Crippen LogP) is 3.60. The fraction of sp³-hybridized carbons (Fsp3) is 0.350. The molecule has 0 heterocycles. The lowest BCUT2D eigenvalue weighted by molar-refractivity contribution is 0.0784. The van der Waals surface area contributed by atoms with Crippen molar-refractivity contribution in [2.75, 3.05) is 28.4 Å². The maximum absolute atomic E-state index is 12.7. The number of carbonyl (C=O) groups is 1. The largest absolute Gasteiger partial charge is 0.493 e. The van der Waals surface area contributed by atoms with Crippen LogP contribution in [0, 0.1) is 13.8 Å². The summed E-state index contributed by atoms with van der Waals surface area (Å²) in [5.41, 5.74) is 3.79. The van der Waals surface area contributed by atoms with Crippen molar-refractivity contribution in [3.05, 3.63) is 52.6 Å². The lowest BCUT2D eigenvalue weighted by Crippen LogP contribution is -2.26. The van der Waals surface area contributed by atoms with Gasteiger partial charge in [0, 0.05) is 24.7 Å². The van der Waals surface area contributed by atoms with Crippen molar-refractivity contribution in [1.82, 2.24) is 4.90 Å². The first-order chi connectivity index (χ1) is 11.9. The third-order valence-electron chi connectivity index (χ3n) is 4.29. The van der Waals surface area contributed by atoms with Gasteiger partial charge in [-0.25, -0.2) is 0 Å². The van der Waals surface area contributed by atoms with Gasteiger partial charge in [-0.1, -0.05) is 6.07 Å². The smallest absolute Gasteiger partial charge is 0.253 e. The maximum atomic E-state index is 12.7. The Morgan fingerprint density at radius 3 is 2.16 bits per heavy atom. The zero-order valence-corrected chi connectivity index (χ0v) is 15.7. The highest BCUT2D eigenvalue weighted by Gasteiger charge is 2.19. The highest BCUT2D eigenvalue weighted by Crippen LogP contribution is 2.40. The van der Waals surface area contributed by atoms with Crippen LogP contribution in [0.25, 0.3) is 0 Å². The van der Waals surface area contributed by atoms with E-state index in [0.29, 0.717) is 29.4 Å². The summed E-state index contributed by atoms with van der Waals surface area (Å²) < 4.78 is 16.2. The van der Waals surface area contributed by atoms with Gasteiger partial charge in [-0.05, 0) is 49.2 Å². The van der Waals surface area contributed by atoms with Crippen LogP contribution >= 0.6 is 0 Å². The minimum absolute atomic E-state index is 0.0417. The molecule has 0 N–H and O–H groups in total. The van der Waals surface area contributed by atoms with E-state index >= 15 is 0 Å². The molecule has 2 aromatic carbocycles. The van der Waals surface area contributed by atoms with Crippen LogP contribution in [0.4, 0.5) is 0 Å². The molecule has 0 bridgehead atoms. The number of nitrogens with zero attached hydrogens (tertiary/aromatic N) is 1. The molecule has 5 heteroatoms. The minimum atomic E-state index is -0.0417. The van der Waals surface area contributed by atoms with Crippen LogP contribution < -0.4 is 14.2 Å². The van der Waals surface area contributed by atoms with Crippen molar-refractivity contribution < 1.29 is 19.0 Å². The molecule has 0 radical (unpaired) electrons. The topological polar surface area (TPSA) is 48.0 Å². The normalized spacial score (nSPS) is 10.3. The van der Waals surface area contributed by atoms with Gasteiger partial charge in [-0.3, -0.25) is 4.79 Å². The molecular weight excluding hydrogens is 318 g/mol. The second kappa shape index (κ2) is 7.92. The van der Waals surface area contributed by atoms with Crippen LogP contribution in [0.2, 0.25) is 0 Å². The van der Waals surface area contributed by atoms with Gasteiger partial charge < -0.3 is 19.1 Å². The summed E-state index contributed by atoms with van der Waals surface area (Å²) in [7, 11) is 6.49. The molecule has 1 amide bonds. The minimum Gasteiger partial charge on any atom is -0.493 e. The van der Waals surface area contributed by atoms with Crippen LogP contribution in [-0.4, -0.2) is 39.2 Å². The first-order valence-corrected chi connectivity index (χ1v) is 8.03. The third-order valence-corrected chi connectivity index (χ3v) is 4.29. The molecule has 0 fully saturated rings. The van der Waals surface area contributed by atoms with E-state index in [-0.39, 0.29) is 5.91 Å². The van der Waals surface area contributed by atoms with Crippen molar-refractivity contribution in [3.8, 4) is 17.2 Å². The Balaban J connectivity index is 2.29. The second-order valence-corrected chi connectivity index (χ2v) is 5.95. The quantitative estimate of drug-likeness (QED) is 0.804. The number of methoxy groups -OCH3 is 3. The van der Waals surface area contributed by atoms with Gasteiger partial charge in [-0.15, -0.1) is 0 Å². The molecule has 25 heavy (non-hydrogen) atoms. The molecule has 134 valence electrons. The Kier molecular flexibility index (Phi) is 5.91. The molecule has 0 unspecified atom stereocenters. The van der Waals surface area contributed by atoms with Gasteiger partial charge >= 0.3 is 0 Å². The lowest BCUT2D eigenvalue weighted by Gasteiger charge is -2.21. The molecule has 0 saturated carbocycles. The number of carbonyl (C=O) groups excluding carboxylic acids is 1. The molecule has 0 spiro atoms. The first-order valence-electron chi connectivity index (χ1n) is 8.03. The van der Waals surface area contributed by atoms with E-state index in [1.807, 2.05) is 44.2 Å². The predicted molar refractivity (Wildman–Crippen MR) is 97.8 cm³/mol. The summed E-state index contributed by atoms with van der Waals surface area (Å²) in [4.78, 5) is 14.4. The summed E-state index contributed by atoms with van der Waals surface area (Å²) in [6, 6.07) is 9.43. The molecule has 0 atom stereocenters. The number of ether oxygens (including phenoxy) is 3. The van der Waals surface area contributed by atoms with E-state index in [1.54, 1.807) is 33.3 Å². The summed E-state index contributed by atoms with van der Waals surface area (Å²) in [5.74, 6) is 1.64. The maximum Gasteiger partial charge on any atom is 0.253 e. The van der Waals surface area contributed by atoms with E-state index in [9.17, 15) is 4.79 Å². The monoisotopic (exact) mass is 343 g/mol. The molecule has 0 aromatic heterocycles. The van der Waals surface area contributed by atoms with Crippen LogP contribution in [0.1, 0.15) is 27.0 Å². The Morgan fingerprint density at radius 1 is 0.920 bits per heavy atom. The molecule has 2 rings (SSSR count). The Bertz CT molecular complexity index is 771. The highest BCUT2D eigenvalue weighted by molar-refractivity contribution is 5.94. The van der Waals surface area contributed by atoms with E-state index in [1.165, 1.54) is 5.56 Å². The number of rotatable bonds is 6. The molecule has 0 aliphatic rings. The van der Waals surface area contributed by atoms with Gasteiger partial charge in [0.25, 0.3) is 5.91 Å². The van der Waals surface area contributed by atoms with Crippen LogP contribution in [0.3, 0.4) is 0 Å². The number of benzene rings is 2. The van der Waals surface area contributed by atoms with Gasteiger partial charge in [0.2, 0.25) is 5.75 Å². The van der Waals surface area contributed by atoms with Gasteiger partial charge in [0.15, 0.2) is 11.5 Å². The number of amides is 1. The summed E-state index contributed by atoms with van der Waals surface area (Å²) in [6.45, 7) is 4.43. The molecule has 2 aromatic rings. The van der Waals surface area contributed by atoms with E-state index in [0.717, 1.165) is 11.1 Å². The van der Waals surface area contributed by atoms with Gasteiger partial charge in [0.05, 0.1) is 21.3 Å². The zero-order chi connectivity index (χ0) is 18.6. The summed E-state index contributed by atoms with van der Waals surface area (Å²) in [6.07, 6.45) is 0. The summed E-state index contributed by atoms with van der Waals surface area (Å²) in [5, 5.41) is 0. The van der Waals surface area contributed by atoms with Crippen LogP contribution in [0.15, 0.2) is 30.3 Å². The van der Waals surface area contributed by atoms with Crippen molar-refractivity contribution in [2.45, 2.75) is 20.4 Å². The van der Waals surface area contributed by atoms with E-state index in [2.05, 4.69) is 0 Å². The number of hydrogen-bond acceptors (Lipinski definition) is 4. The van der Waals surface area contributed by atoms with Crippen molar-refractivity contribution in [3.63, 3.8) is 0 Å². The summed E-state index contributed by atoms with van der Waals surface area (Å²) >= 11 is 0. The molecule has 0 saturated heterocycles. The Hall–Kier alpha value is -2.69. The zero-order valence-electron chi connectivity index (χ0n) is 15.7. The average molecular weight is 343 g/mol. The third kappa shape index (κ3) is 3.87. The highest BCUT2D eigenvalue weighted by atomic mass is 16.5. The second-order valence-electron chi connectivity index (χ2n) is 5.95. The van der Waals surface area contributed by atoms with Crippen molar-refractivity contribution in [1.29, 1.82) is 0 Å². The Labute approximate surface area is 149 Å². The van der Waals surface area contributed by atoms with Crippen molar-refractivity contribution in [2.24, 2.45) is 0 Å². The lowest BCUT2D eigenvalue weighted by atomic mass is 10.1. The molecule has 5 nitrogen and oxygen atoms in total.